The van der Waals surface area contributed by atoms with E-state index in [-0.39, 0.29) is 5.22 Å². The second-order valence-electron chi connectivity index (χ2n) is 3.40. The molecular formula is C11H9ClO4. The van der Waals surface area contributed by atoms with Crippen molar-refractivity contribution in [3.05, 3.63) is 35.0 Å². The van der Waals surface area contributed by atoms with E-state index in [0.717, 1.165) is 0 Å². The second kappa shape index (κ2) is 4.15. The van der Waals surface area contributed by atoms with E-state index >= 15 is 0 Å². The molecular weight excluding hydrogens is 232 g/mol. The van der Waals surface area contributed by atoms with Gasteiger partial charge in [0.2, 0.25) is 0 Å². The van der Waals surface area contributed by atoms with Gasteiger partial charge in [-0.3, -0.25) is 4.79 Å². The lowest BCUT2D eigenvalue weighted by Gasteiger charge is -2.05. The topological polar surface area (TPSA) is 70.7 Å². The van der Waals surface area contributed by atoms with Crippen LogP contribution >= 0.6 is 11.6 Å². The van der Waals surface area contributed by atoms with Crippen LogP contribution in [-0.4, -0.2) is 16.2 Å². The predicted octanol–water partition coefficient (Wildman–Crippen LogP) is 2.59. The van der Waals surface area contributed by atoms with Gasteiger partial charge in [0, 0.05) is 10.9 Å². The number of benzene rings is 1. The number of aliphatic carboxylic acids is 1. The first-order chi connectivity index (χ1) is 7.59. The standard InChI is InChI=1S/C11H9ClO4/c12-11-10(7(13)5-9(14)15)6-3-1-2-4-8(6)16-11/h1-4,7,13H,5H2,(H,14,15). The van der Waals surface area contributed by atoms with Gasteiger partial charge in [0.05, 0.1) is 12.5 Å². The van der Waals surface area contributed by atoms with Gasteiger partial charge in [-0.05, 0) is 17.7 Å². The minimum absolute atomic E-state index is 0.0370. The Morgan fingerprint density at radius 1 is 1.44 bits per heavy atom. The fraction of sp³-hybridized carbons (Fsp3) is 0.182. The number of hydrogen-bond donors (Lipinski definition) is 2. The molecule has 1 aromatic heterocycles. The molecule has 2 N–H and O–H groups in total. The first-order valence-corrected chi connectivity index (χ1v) is 5.04. The van der Waals surface area contributed by atoms with Crippen molar-refractivity contribution in [2.75, 3.05) is 0 Å². The van der Waals surface area contributed by atoms with Crippen LogP contribution in [0.4, 0.5) is 0 Å². The number of furan rings is 1. The van der Waals surface area contributed by atoms with Gasteiger partial charge < -0.3 is 14.6 Å². The van der Waals surface area contributed by atoms with Gasteiger partial charge in [-0.15, -0.1) is 0 Å². The number of hydrogen-bond acceptors (Lipinski definition) is 3. The van der Waals surface area contributed by atoms with E-state index in [2.05, 4.69) is 0 Å². The maximum atomic E-state index is 10.5. The smallest absolute Gasteiger partial charge is 0.306 e. The molecule has 0 aliphatic heterocycles. The molecule has 0 saturated carbocycles. The third-order valence-electron chi connectivity index (χ3n) is 2.29. The van der Waals surface area contributed by atoms with Crippen LogP contribution in [0.3, 0.4) is 0 Å². The summed E-state index contributed by atoms with van der Waals surface area (Å²) in [6.45, 7) is 0. The molecule has 5 heteroatoms. The number of aliphatic hydroxyl groups is 1. The minimum atomic E-state index is -1.16. The molecule has 1 atom stereocenters. The Hall–Kier alpha value is -1.52. The monoisotopic (exact) mass is 240 g/mol. The van der Waals surface area contributed by atoms with Crippen molar-refractivity contribution < 1.29 is 19.4 Å². The largest absolute Gasteiger partial charge is 0.481 e. The number of rotatable bonds is 3. The van der Waals surface area contributed by atoms with E-state index in [1.54, 1.807) is 24.3 Å². The molecule has 16 heavy (non-hydrogen) atoms. The van der Waals surface area contributed by atoms with E-state index in [9.17, 15) is 9.90 Å². The van der Waals surface area contributed by atoms with Crippen LogP contribution < -0.4 is 0 Å². The number of halogens is 1. The van der Waals surface area contributed by atoms with Crippen molar-refractivity contribution in [2.45, 2.75) is 12.5 Å². The fourth-order valence-corrected chi connectivity index (χ4v) is 1.92. The van der Waals surface area contributed by atoms with Crippen LogP contribution in [0.25, 0.3) is 11.0 Å². The zero-order chi connectivity index (χ0) is 11.7. The van der Waals surface area contributed by atoms with Gasteiger partial charge in [-0.1, -0.05) is 18.2 Å². The molecule has 4 nitrogen and oxygen atoms in total. The van der Waals surface area contributed by atoms with Crippen LogP contribution in [0.1, 0.15) is 18.1 Å². The number of aliphatic hydroxyl groups excluding tert-OH is 1. The Bertz CT molecular complexity index is 532. The highest BCUT2D eigenvalue weighted by molar-refractivity contribution is 6.30. The Labute approximate surface area is 96.1 Å². The summed E-state index contributed by atoms with van der Waals surface area (Å²) in [5, 5.41) is 19.0. The molecule has 0 bridgehead atoms. The van der Waals surface area contributed by atoms with Gasteiger partial charge in [-0.25, -0.2) is 0 Å². The molecule has 0 amide bonds. The summed E-state index contributed by atoms with van der Waals surface area (Å²) in [4.78, 5) is 10.5. The Kier molecular flexibility index (Phi) is 2.85. The number of carbonyl (C=O) groups is 1. The molecule has 0 saturated heterocycles. The van der Waals surface area contributed by atoms with Gasteiger partial charge in [0.15, 0.2) is 5.22 Å². The SMILES string of the molecule is O=C(O)CC(O)c1c(Cl)oc2ccccc12. The summed E-state index contributed by atoms with van der Waals surface area (Å²) in [5.41, 5.74) is 0.867. The zero-order valence-electron chi connectivity index (χ0n) is 8.18. The Morgan fingerprint density at radius 2 is 2.12 bits per heavy atom. The van der Waals surface area contributed by atoms with Crippen molar-refractivity contribution in [1.29, 1.82) is 0 Å². The van der Waals surface area contributed by atoms with E-state index < -0.39 is 18.5 Å². The summed E-state index contributed by atoms with van der Waals surface area (Å²) in [6.07, 6.45) is -1.56. The summed E-state index contributed by atoms with van der Waals surface area (Å²) in [5.74, 6) is -1.09. The van der Waals surface area contributed by atoms with Crippen molar-refractivity contribution in [1.82, 2.24) is 0 Å². The van der Waals surface area contributed by atoms with Gasteiger partial charge in [0.25, 0.3) is 0 Å². The van der Waals surface area contributed by atoms with Crippen molar-refractivity contribution in [3.8, 4) is 0 Å². The van der Waals surface area contributed by atoms with Crippen LogP contribution in [0, 0.1) is 0 Å². The molecule has 84 valence electrons. The third-order valence-corrected chi connectivity index (χ3v) is 2.57. The number of para-hydroxylation sites is 1. The summed E-state index contributed by atoms with van der Waals surface area (Å²) < 4.78 is 5.21. The Balaban J connectivity index is 2.50. The van der Waals surface area contributed by atoms with Crippen LogP contribution in [0.2, 0.25) is 5.22 Å². The minimum Gasteiger partial charge on any atom is -0.481 e. The first kappa shape index (κ1) is 11.0. The van der Waals surface area contributed by atoms with E-state index in [1.807, 2.05) is 0 Å². The highest BCUT2D eigenvalue weighted by Gasteiger charge is 2.21. The van der Waals surface area contributed by atoms with Gasteiger partial charge in [-0.2, -0.15) is 0 Å². The number of carboxylic acid groups (broad SMARTS) is 1. The summed E-state index contributed by atoms with van der Waals surface area (Å²) >= 11 is 5.83. The predicted molar refractivity (Wildman–Crippen MR) is 58.4 cm³/mol. The Morgan fingerprint density at radius 3 is 2.81 bits per heavy atom. The highest BCUT2D eigenvalue weighted by Crippen LogP contribution is 2.35. The molecule has 0 aliphatic carbocycles. The summed E-state index contributed by atoms with van der Waals surface area (Å²) in [6, 6.07) is 6.98. The fourth-order valence-electron chi connectivity index (χ4n) is 1.61. The third kappa shape index (κ3) is 1.89. The molecule has 0 spiro atoms. The van der Waals surface area contributed by atoms with Crippen LogP contribution in [-0.2, 0) is 4.79 Å². The molecule has 1 unspecified atom stereocenters. The lowest BCUT2D eigenvalue weighted by molar-refractivity contribution is -0.139. The molecule has 1 aromatic carbocycles. The molecule has 2 rings (SSSR count). The van der Waals surface area contributed by atoms with Crippen LogP contribution in [0.15, 0.2) is 28.7 Å². The normalized spacial score (nSPS) is 12.9. The van der Waals surface area contributed by atoms with Crippen molar-refractivity contribution in [3.63, 3.8) is 0 Å². The van der Waals surface area contributed by atoms with E-state index in [4.69, 9.17) is 21.1 Å². The van der Waals surface area contributed by atoms with E-state index in [1.165, 1.54) is 0 Å². The van der Waals surface area contributed by atoms with Gasteiger partial charge >= 0.3 is 5.97 Å². The first-order valence-electron chi connectivity index (χ1n) is 4.66. The molecule has 0 fully saturated rings. The quantitative estimate of drug-likeness (QED) is 0.865. The number of fused-ring (bicyclic) bond motifs is 1. The lowest BCUT2D eigenvalue weighted by atomic mass is 10.1. The molecule has 2 aromatic rings. The lowest BCUT2D eigenvalue weighted by Crippen LogP contribution is -2.05. The van der Waals surface area contributed by atoms with Gasteiger partial charge in [0.1, 0.15) is 5.58 Å². The molecule has 0 aliphatic rings. The summed E-state index contributed by atoms with van der Waals surface area (Å²) in [7, 11) is 0. The maximum Gasteiger partial charge on any atom is 0.306 e. The maximum absolute atomic E-state index is 10.5. The zero-order valence-corrected chi connectivity index (χ0v) is 8.94. The average Bonchev–Trinajstić information content (AvgIpc) is 2.52. The van der Waals surface area contributed by atoms with Crippen molar-refractivity contribution >= 4 is 28.5 Å². The van der Waals surface area contributed by atoms with E-state index in [0.29, 0.717) is 16.5 Å². The molecule has 0 radical (unpaired) electrons. The van der Waals surface area contributed by atoms with Crippen molar-refractivity contribution in [2.24, 2.45) is 0 Å². The highest BCUT2D eigenvalue weighted by atomic mass is 35.5. The second-order valence-corrected chi connectivity index (χ2v) is 3.74. The molecule has 1 heterocycles. The van der Waals surface area contributed by atoms with Crippen LogP contribution in [0.5, 0.6) is 0 Å². The average molecular weight is 241 g/mol. The number of carboxylic acids is 1.